The van der Waals surface area contributed by atoms with Crippen molar-refractivity contribution in [3.63, 3.8) is 0 Å². The van der Waals surface area contributed by atoms with Crippen molar-refractivity contribution in [2.24, 2.45) is 0 Å². The van der Waals surface area contributed by atoms with Gasteiger partial charge in [-0.2, -0.15) is 5.10 Å². The molecule has 0 radical (unpaired) electrons. The molecule has 2 aliphatic rings. The molecule has 0 aliphatic carbocycles. The molecule has 104 valence electrons. The lowest BCUT2D eigenvalue weighted by Crippen LogP contribution is -2.43. The van der Waals surface area contributed by atoms with Crippen molar-refractivity contribution >= 4 is 17.4 Å². The molecule has 0 unspecified atom stereocenters. The van der Waals surface area contributed by atoms with Crippen LogP contribution in [-0.4, -0.2) is 51.0 Å². The molecule has 0 amide bonds. The third kappa shape index (κ3) is 1.74. The summed E-state index contributed by atoms with van der Waals surface area (Å²) in [5, 5.41) is 13.1. The first-order valence-corrected chi connectivity index (χ1v) is 6.69. The molecular weight excluding hydrogens is 260 g/mol. The van der Waals surface area contributed by atoms with Crippen LogP contribution in [0.1, 0.15) is 23.2 Å². The summed E-state index contributed by atoms with van der Waals surface area (Å²) >= 11 is 0. The van der Waals surface area contributed by atoms with Crippen LogP contribution >= 0.6 is 0 Å². The molecule has 2 fully saturated rings. The Bertz CT molecular complexity index is 671. The molecule has 0 spiro atoms. The fourth-order valence-electron chi connectivity index (χ4n) is 2.99. The average Bonchev–Trinajstić information content (AvgIpc) is 3.01. The highest BCUT2D eigenvalue weighted by Gasteiger charge is 2.34. The molecule has 2 saturated heterocycles. The summed E-state index contributed by atoms with van der Waals surface area (Å²) < 4.78 is 7.29. The van der Waals surface area contributed by atoms with Gasteiger partial charge in [0, 0.05) is 19.3 Å². The van der Waals surface area contributed by atoms with Crippen LogP contribution in [0.5, 0.6) is 0 Å². The van der Waals surface area contributed by atoms with E-state index in [9.17, 15) is 4.79 Å². The van der Waals surface area contributed by atoms with Crippen LogP contribution < -0.4 is 4.90 Å². The van der Waals surface area contributed by atoms with Gasteiger partial charge in [-0.15, -0.1) is 0 Å². The Hall–Kier alpha value is -2.15. The number of carboxylic acids is 1. The second-order valence-electron chi connectivity index (χ2n) is 5.28. The number of carbonyl (C=O) groups is 1. The molecule has 1 N–H and O–H groups in total. The van der Waals surface area contributed by atoms with Crippen LogP contribution in [0.2, 0.25) is 0 Å². The molecule has 0 aromatic carbocycles. The van der Waals surface area contributed by atoms with E-state index < -0.39 is 5.97 Å². The topological polar surface area (TPSA) is 80.0 Å². The van der Waals surface area contributed by atoms with Gasteiger partial charge in [0.1, 0.15) is 11.4 Å². The summed E-state index contributed by atoms with van der Waals surface area (Å²) in [4.78, 5) is 17.8. The van der Waals surface area contributed by atoms with Crippen LogP contribution in [0, 0.1) is 0 Å². The molecule has 20 heavy (non-hydrogen) atoms. The predicted molar refractivity (Wildman–Crippen MR) is 70.1 cm³/mol. The fraction of sp³-hybridized carbons (Fsp3) is 0.462. The summed E-state index contributed by atoms with van der Waals surface area (Å²) in [7, 11) is 0. The monoisotopic (exact) mass is 274 g/mol. The van der Waals surface area contributed by atoms with Crippen LogP contribution in [0.25, 0.3) is 5.65 Å². The molecule has 7 heteroatoms. The third-order valence-corrected chi connectivity index (χ3v) is 3.95. The smallest absolute Gasteiger partial charge is 0.341 e. The van der Waals surface area contributed by atoms with E-state index in [1.807, 2.05) is 6.07 Å². The van der Waals surface area contributed by atoms with Crippen molar-refractivity contribution < 1.29 is 14.6 Å². The zero-order chi connectivity index (χ0) is 13.7. The second kappa shape index (κ2) is 4.17. The number of nitrogens with zero attached hydrogens (tertiary/aromatic N) is 4. The van der Waals surface area contributed by atoms with Gasteiger partial charge in [0.15, 0.2) is 5.65 Å². The Morgan fingerprint density at radius 3 is 2.80 bits per heavy atom. The van der Waals surface area contributed by atoms with E-state index in [4.69, 9.17) is 9.84 Å². The highest BCUT2D eigenvalue weighted by Crippen LogP contribution is 2.29. The first-order chi connectivity index (χ1) is 9.70. The maximum absolute atomic E-state index is 11.2. The summed E-state index contributed by atoms with van der Waals surface area (Å²) in [5.41, 5.74) is 0.511. The van der Waals surface area contributed by atoms with E-state index in [1.165, 1.54) is 10.7 Å². The number of hydrogen-bond acceptors (Lipinski definition) is 5. The number of aromatic carboxylic acids is 1. The zero-order valence-electron chi connectivity index (χ0n) is 10.8. The molecule has 7 nitrogen and oxygen atoms in total. The number of ether oxygens (including phenoxy) is 1. The zero-order valence-corrected chi connectivity index (χ0v) is 10.8. The Morgan fingerprint density at radius 2 is 2.10 bits per heavy atom. The number of hydrogen-bond donors (Lipinski definition) is 1. The molecule has 2 aromatic heterocycles. The minimum atomic E-state index is -1.01. The van der Waals surface area contributed by atoms with Gasteiger partial charge in [0.2, 0.25) is 0 Å². The van der Waals surface area contributed by atoms with E-state index in [2.05, 4.69) is 15.0 Å². The lowest BCUT2D eigenvalue weighted by Gasteiger charge is -2.32. The number of fused-ring (bicyclic) bond motifs is 3. The molecule has 2 aliphatic heterocycles. The summed E-state index contributed by atoms with van der Waals surface area (Å²) in [6.45, 7) is 1.63. The number of rotatable bonds is 2. The van der Waals surface area contributed by atoms with Crippen molar-refractivity contribution in [2.75, 3.05) is 18.0 Å². The summed E-state index contributed by atoms with van der Waals surface area (Å²) in [6, 6.07) is 1.87. The standard InChI is InChI=1S/C13H14N4O3/c18-13(19)10-5-14-17-4-3-11(15-12(10)17)16-6-8-1-2-9(7-16)20-8/h3-5,8-9H,1-2,6-7H2,(H,18,19)/t8-,9+. The summed E-state index contributed by atoms with van der Waals surface area (Å²) in [6.07, 6.45) is 5.82. The van der Waals surface area contributed by atoms with Gasteiger partial charge in [-0.3, -0.25) is 0 Å². The second-order valence-corrected chi connectivity index (χ2v) is 5.28. The Balaban J connectivity index is 1.73. The molecular formula is C13H14N4O3. The lowest BCUT2D eigenvalue weighted by atomic mass is 10.2. The van der Waals surface area contributed by atoms with E-state index in [-0.39, 0.29) is 17.8 Å². The van der Waals surface area contributed by atoms with Crippen LogP contribution in [0.15, 0.2) is 18.5 Å². The van der Waals surface area contributed by atoms with E-state index in [0.717, 1.165) is 31.7 Å². The SMILES string of the molecule is O=C(O)c1cnn2ccc(N3C[C@H]4CC[C@@H](C3)O4)nc12. The van der Waals surface area contributed by atoms with Crippen molar-refractivity contribution in [1.82, 2.24) is 14.6 Å². The molecule has 4 rings (SSSR count). The normalized spacial score (nSPS) is 25.3. The van der Waals surface area contributed by atoms with E-state index in [1.54, 1.807) is 6.20 Å². The maximum Gasteiger partial charge on any atom is 0.341 e. The first-order valence-electron chi connectivity index (χ1n) is 6.69. The molecule has 4 heterocycles. The van der Waals surface area contributed by atoms with Gasteiger partial charge in [-0.25, -0.2) is 14.3 Å². The highest BCUT2D eigenvalue weighted by molar-refractivity contribution is 5.94. The van der Waals surface area contributed by atoms with E-state index in [0.29, 0.717) is 5.65 Å². The summed E-state index contributed by atoms with van der Waals surface area (Å²) in [5.74, 6) is -0.215. The van der Waals surface area contributed by atoms with Gasteiger partial charge in [0.05, 0.1) is 18.4 Å². The van der Waals surface area contributed by atoms with Crippen LogP contribution in [0.4, 0.5) is 5.82 Å². The predicted octanol–water partition coefficient (Wildman–Crippen LogP) is 0.795. The number of morpholine rings is 1. The average molecular weight is 274 g/mol. The largest absolute Gasteiger partial charge is 0.477 e. The Labute approximate surface area is 114 Å². The Morgan fingerprint density at radius 1 is 1.35 bits per heavy atom. The highest BCUT2D eigenvalue weighted by atomic mass is 16.5. The van der Waals surface area contributed by atoms with Gasteiger partial charge < -0.3 is 14.7 Å². The number of carboxylic acid groups (broad SMARTS) is 1. The fourth-order valence-corrected chi connectivity index (χ4v) is 2.99. The molecule has 2 atom stereocenters. The number of anilines is 1. The molecule has 2 bridgehead atoms. The molecule has 2 aromatic rings. The maximum atomic E-state index is 11.2. The van der Waals surface area contributed by atoms with Gasteiger partial charge in [0.25, 0.3) is 0 Å². The van der Waals surface area contributed by atoms with Crippen molar-refractivity contribution in [2.45, 2.75) is 25.0 Å². The lowest BCUT2D eigenvalue weighted by molar-refractivity contribution is 0.0302. The van der Waals surface area contributed by atoms with Crippen molar-refractivity contribution in [1.29, 1.82) is 0 Å². The van der Waals surface area contributed by atoms with Crippen molar-refractivity contribution in [3.05, 3.63) is 24.0 Å². The van der Waals surface area contributed by atoms with Crippen LogP contribution in [0.3, 0.4) is 0 Å². The van der Waals surface area contributed by atoms with Gasteiger partial charge in [-0.1, -0.05) is 0 Å². The van der Waals surface area contributed by atoms with Gasteiger partial charge in [-0.05, 0) is 18.9 Å². The third-order valence-electron chi connectivity index (χ3n) is 3.95. The van der Waals surface area contributed by atoms with Crippen LogP contribution in [-0.2, 0) is 4.74 Å². The van der Waals surface area contributed by atoms with Crippen molar-refractivity contribution in [3.8, 4) is 0 Å². The minimum Gasteiger partial charge on any atom is -0.477 e. The first kappa shape index (κ1) is 11.7. The molecule has 0 saturated carbocycles. The number of aromatic nitrogens is 3. The van der Waals surface area contributed by atoms with Gasteiger partial charge >= 0.3 is 5.97 Å². The Kier molecular flexibility index (Phi) is 2.43. The minimum absolute atomic E-state index is 0.128. The quantitative estimate of drug-likeness (QED) is 0.872. The van der Waals surface area contributed by atoms with E-state index >= 15 is 0 Å².